The van der Waals surface area contributed by atoms with E-state index in [2.05, 4.69) is 36.4 Å². The van der Waals surface area contributed by atoms with Gasteiger partial charge in [0.2, 0.25) is 0 Å². The molecule has 134 valence electrons. The maximum absolute atomic E-state index is 11.9. The van der Waals surface area contributed by atoms with Crippen molar-refractivity contribution < 1.29 is 9.90 Å². The second kappa shape index (κ2) is 8.12. The van der Waals surface area contributed by atoms with Crippen LogP contribution in [0.5, 0.6) is 0 Å². The second-order valence-electron chi connectivity index (χ2n) is 7.22. The first-order chi connectivity index (χ1) is 11.8. The fourth-order valence-corrected chi connectivity index (χ4v) is 2.44. The number of hydrogen-bond donors (Lipinski definition) is 3. The Balaban J connectivity index is 1.80. The van der Waals surface area contributed by atoms with Gasteiger partial charge in [0.25, 0.3) is 0 Å². The number of carbonyl (C=O) groups excluding carboxylic acids is 1. The van der Waals surface area contributed by atoms with Crippen LogP contribution in [-0.2, 0) is 12.0 Å². The van der Waals surface area contributed by atoms with Crippen LogP contribution in [-0.4, -0.2) is 22.7 Å². The monoisotopic (exact) mass is 341 g/mol. The Labute approximate surface area is 149 Å². The van der Waals surface area contributed by atoms with E-state index in [1.807, 2.05) is 49.4 Å². The van der Waals surface area contributed by atoms with Gasteiger partial charge in [-0.3, -0.25) is 4.98 Å². The molecule has 0 spiro atoms. The van der Waals surface area contributed by atoms with Gasteiger partial charge in [-0.2, -0.15) is 0 Å². The number of amides is 2. The van der Waals surface area contributed by atoms with Gasteiger partial charge in [0.15, 0.2) is 0 Å². The number of nitrogens with zero attached hydrogens (tertiary/aromatic N) is 1. The summed E-state index contributed by atoms with van der Waals surface area (Å²) in [7, 11) is 0. The number of aromatic nitrogens is 1. The molecule has 2 amide bonds. The number of pyridine rings is 1. The first kappa shape index (κ1) is 18.9. The van der Waals surface area contributed by atoms with E-state index in [0.717, 1.165) is 17.0 Å². The molecular weight excluding hydrogens is 314 g/mol. The van der Waals surface area contributed by atoms with Crippen LogP contribution >= 0.6 is 0 Å². The van der Waals surface area contributed by atoms with Gasteiger partial charge in [-0.1, -0.05) is 51.1 Å². The highest BCUT2D eigenvalue weighted by Crippen LogP contribution is 2.23. The standard InChI is InChI=1S/C20H27N3O2/c1-14-6-5-7-17(23-14)12-21-19(25)22-13-18(24)15-8-10-16(11-9-15)20(2,3)4/h5-11,18,24H,12-13H2,1-4H3,(H2,21,22,25). The van der Waals surface area contributed by atoms with Gasteiger partial charge >= 0.3 is 6.03 Å². The van der Waals surface area contributed by atoms with Gasteiger partial charge in [0.05, 0.1) is 18.3 Å². The minimum absolute atomic E-state index is 0.0748. The Kier molecular flexibility index (Phi) is 6.15. The van der Waals surface area contributed by atoms with E-state index in [1.54, 1.807) is 0 Å². The van der Waals surface area contributed by atoms with Crippen LogP contribution in [0.2, 0.25) is 0 Å². The van der Waals surface area contributed by atoms with Gasteiger partial charge in [-0.25, -0.2) is 4.79 Å². The summed E-state index contributed by atoms with van der Waals surface area (Å²) < 4.78 is 0. The molecule has 1 aromatic carbocycles. The SMILES string of the molecule is Cc1cccc(CNC(=O)NCC(O)c2ccc(C(C)(C)C)cc2)n1. The van der Waals surface area contributed by atoms with E-state index in [9.17, 15) is 9.90 Å². The summed E-state index contributed by atoms with van der Waals surface area (Å²) >= 11 is 0. The molecule has 0 saturated carbocycles. The zero-order valence-electron chi connectivity index (χ0n) is 15.3. The zero-order valence-corrected chi connectivity index (χ0v) is 15.3. The van der Waals surface area contributed by atoms with Crippen molar-refractivity contribution in [2.75, 3.05) is 6.54 Å². The number of nitrogens with one attached hydrogen (secondary N) is 2. The first-order valence-electron chi connectivity index (χ1n) is 8.48. The van der Waals surface area contributed by atoms with Crippen LogP contribution < -0.4 is 10.6 Å². The van der Waals surface area contributed by atoms with Gasteiger partial charge < -0.3 is 15.7 Å². The normalized spacial score (nSPS) is 12.5. The third kappa shape index (κ3) is 5.87. The average molecular weight is 341 g/mol. The fourth-order valence-electron chi connectivity index (χ4n) is 2.44. The summed E-state index contributed by atoms with van der Waals surface area (Å²) in [5.74, 6) is 0. The molecular formula is C20H27N3O2. The van der Waals surface area contributed by atoms with Crippen LogP contribution in [0.1, 0.15) is 49.4 Å². The molecule has 5 nitrogen and oxygen atoms in total. The maximum atomic E-state index is 11.9. The molecule has 1 atom stereocenters. The molecule has 0 aliphatic carbocycles. The number of hydrogen-bond acceptors (Lipinski definition) is 3. The quantitative estimate of drug-likeness (QED) is 0.782. The predicted octanol–water partition coefficient (Wildman–Crippen LogP) is 3.22. The summed E-state index contributed by atoms with van der Waals surface area (Å²) in [4.78, 5) is 16.2. The number of carbonyl (C=O) groups is 1. The van der Waals surface area contributed by atoms with Crippen molar-refractivity contribution in [3.8, 4) is 0 Å². The highest BCUT2D eigenvalue weighted by molar-refractivity contribution is 5.73. The molecule has 0 saturated heterocycles. The van der Waals surface area contributed by atoms with E-state index in [4.69, 9.17) is 0 Å². The molecule has 5 heteroatoms. The average Bonchev–Trinajstić information content (AvgIpc) is 2.57. The van der Waals surface area contributed by atoms with Gasteiger partial charge in [-0.05, 0) is 35.6 Å². The fraction of sp³-hybridized carbons (Fsp3) is 0.400. The number of aryl methyl sites for hydroxylation is 1. The van der Waals surface area contributed by atoms with E-state index < -0.39 is 6.10 Å². The summed E-state index contributed by atoms with van der Waals surface area (Å²) in [5.41, 5.74) is 3.78. The lowest BCUT2D eigenvalue weighted by Crippen LogP contribution is -2.37. The van der Waals surface area contributed by atoms with E-state index in [1.165, 1.54) is 5.56 Å². The molecule has 0 fully saturated rings. The molecule has 25 heavy (non-hydrogen) atoms. The van der Waals surface area contributed by atoms with Crippen LogP contribution in [0.3, 0.4) is 0 Å². The maximum Gasteiger partial charge on any atom is 0.315 e. The minimum atomic E-state index is -0.739. The summed E-state index contributed by atoms with van der Waals surface area (Å²) in [6.45, 7) is 8.85. The molecule has 0 bridgehead atoms. The van der Waals surface area contributed by atoms with E-state index in [-0.39, 0.29) is 18.0 Å². The number of aliphatic hydroxyl groups is 1. The Bertz CT molecular complexity index is 706. The highest BCUT2D eigenvalue weighted by Gasteiger charge is 2.15. The largest absolute Gasteiger partial charge is 0.387 e. The topological polar surface area (TPSA) is 74.2 Å². The van der Waals surface area contributed by atoms with Crippen LogP contribution in [0.15, 0.2) is 42.5 Å². The van der Waals surface area contributed by atoms with Crippen LogP contribution in [0.4, 0.5) is 4.79 Å². The van der Waals surface area contributed by atoms with E-state index in [0.29, 0.717) is 6.54 Å². The lowest BCUT2D eigenvalue weighted by Gasteiger charge is -2.20. The van der Waals surface area contributed by atoms with Crippen molar-refractivity contribution in [3.05, 3.63) is 65.0 Å². The third-order valence-electron chi connectivity index (χ3n) is 3.99. The molecule has 0 aliphatic rings. The number of rotatable bonds is 5. The van der Waals surface area contributed by atoms with Gasteiger partial charge in [0, 0.05) is 12.2 Å². The molecule has 3 N–H and O–H groups in total. The molecule has 2 aromatic rings. The minimum Gasteiger partial charge on any atom is -0.387 e. The third-order valence-corrected chi connectivity index (χ3v) is 3.99. The smallest absolute Gasteiger partial charge is 0.315 e. The Morgan fingerprint density at radius 2 is 1.80 bits per heavy atom. The van der Waals surface area contributed by atoms with Crippen molar-refractivity contribution in [2.45, 2.75) is 45.8 Å². The zero-order chi connectivity index (χ0) is 18.4. The van der Waals surface area contributed by atoms with Crippen LogP contribution in [0, 0.1) is 6.92 Å². The lowest BCUT2D eigenvalue weighted by atomic mass is 9.86. The molecule has 0 aliphatic heterocycles. The molecule has 2 rings (SSSR count). The van der Waals surface area contributed by atoms with Crippen LogP contribution in [0.25, 0.3) is 0 Å². The number of aliphatic hydroxyl groups excluding tert-OH is 1. The van der Waals surface area contributed by atoms with Crippen molar-refractivity contribution in [2.24, 2.45) is 0 Å². The Hall–Kier alpha value is -2.40. The molecule has 0 radical (unpaired) electrons. The summed E-state index contributed by atoms with van der Waals surface area (Å²) in [6.07, 6.45) is -0.739. The lowest BCUT2D eigenvalue weighted by molar-refractivity contribution is 0.173. The predicted molar refractivity (Wildman–Crippen MR) is 99.3 cm³/mol. The first-order valence-corrected chi connectivity index (χ1v) is 8.48. The highest BCUT2D eigenvalue weighted by atomic mass is 16.3. The van der Waals surface area contributed by atoms with Crippen molar-refractivity contribution in [3.63, 3.8) is 0 Å². The van der Waals surface area contributed by atoms with Gasteiger partial charge in [0.1, 0.15) is 0 Å². The summed E-state index contributed by atoms with van der Waals surface area (Å²) in [6, 6.07) is 13.2. The van der Waals surface area contributed by atoms with E-state index >= 15 is 0 Å². The summed E-state index contributed by atoms with van der Waals surface area (Å²) in [5, 5.41) is 15.7. The Morgan fingerprint density at radius 3 is 2.40 bits per heavy atom. The molecule has 1 aromatic heterocycles. The molecule has 1 heterocycles. The molecule has 1 unspecified atom stereocenters. The number of urea groups is 1. The van der Waals surface area contributed by atoms with Crippen molar-refractivity contribution in [1.29, 1.82) is 0 Å². The Morgan fingerprint density at radius 1 is 1.12 bits per heavy atom. The second-order valence-corrected chi connectivity index (χ2v) is 7.22. The van der Waals surface area contributed by atoms with Gasteiger partial charge in [-0.15, -0.1) is 0 Å². The van der Waals surface area contributed by atoms with Crippen molar-refractivity contribution in [1.82, 2.24) is 15.6 Å². The number of benzene rings is 1. The van der Waals surface area contributed by atoms with Crippen molar-refractivity contribution >= 4 is 6.03 Å².